The molecule has 3 aromatic rings. The fraction of sp³-hybridized carbons (Fsp3) is 0. The Balaban J connectivity index is 2.56. The van der Waals surface area contributed by atoms with Crippen molar-refractivity contribution < 1.29 is 9.59 Å². The van der Waals surface area contributed by atoms with Crippen LogP contribution in [0.25, 0.3) is 21.9 Å². The molecular weight excluding hydrogens is 276 g/mol. The van der Waals surface area contributed by atoms with Gasteiger partial charge in [0.15, 0.2) is 12.6 Å². The van der Waals surface area contributed by atoms with Crippen LogP contribution in [0.4, 0.5) is 11.4 Å². The molecule has 0 saturated carbocycles. The number of rotatable bonds is 3. The van der Waals surface area contributed by atoms with Gasteiger partial charge in [0.05, 0.1) is 5.69 Å². The fourth-order valence-electron chi connectivity index (χ4n) is 2.74. The number of fused-ring (bicyclic) bond motifs is 1. The Labute approximate surface area is 127 Å². The lowest BCUT2D eigenvalue weighted by atomic mass is 9.89. The minimum atomic E-state index is 0.195. The standard InChI is InChI=1S/C18H14N2O2/c19-12-6-7-13-14(8-12)17(11-4-2-1-3-5-11)16(10-22)18(20)15(13)9-21/h1-10H,19-20H2. The molecule has 0 unspecified atom stereocenters. The molecule has 4 N–H and O–H groups in total. The third kappa shape index (κ3) is 2.02. The van der Waals surface area contributed by atoms with Crippen LogP contribution in [-0.4, -0.2) is 12.6 Å². The third-order valence-corrected chi connectivity index (χ3v) is 3.75. The first-order valence-electron chi connectivity index (χ1n) is 6.77. The predicted molar refractivity (Wildman–Crippen MR) is 89.0 cm³/mol. The van der Waals surface area contributed by atoms with Gasteiger partial charge in [-0.15, -0.1) is 0 Å². The lowest BCUT2D eigenvalue weighted by molar-refractivity contribution is 0.112. The minimum Gasteiger partial charge on any atom is -0.399 e. The summed E-state index contributed by atoms with van der Waals surface area (Å²) in [4.78, 5) is 23.0. The minimum absolute atomic E-state index is 0.195. The van der Waals surface area contributed by atoms with E-state index in [1.54, 1.807) is 18.2 Å². The van der Waals surface area contributed by atoms with E-state index in [2.05, 4.69) is 0 Å². The summed E-state index contributed by atoms with van der Waals surface area (Å²) in [6.07, 6.45) is 1.36. The molecular formula is C18H14N2O2. The van der Waals surface area contributed by atoms with Crippen molar-refractivity contribution in [3.8, 4) is 11.1 Å². The number of aldehydes is 2. The second-order valence-corrected chi connectivity index (χ2v) is 5.02. The molecule has 3 rings (SSSR count). The molecule has 0 aliphatic carbocycles. The molecule has 0 radical (unpaired) electrons. The van der Waals surface area contributed by atoms with Gasteiger partial charge < -0.3 is 11.5 Å². The Bertz CT molecular complexity index is 887. The quantitative estimate of drug-likeness (QED) is 0.572. The first-order chi connectivity index (χ1) is 10.7. The van der Waals surface area contributed by atoms with Crippen LogP contribution in [0.5, 0.6) is 0 Å². The first kappa shape index (κ1) is 13.8. The van der Waals surface area contributed by atoms with Crippen molar-refractivity contribution in [2.45, 2.75) is 0 Å². The van der Waals surface area contributed by atoms with Gasteiger partial charge in [-0.25, -0.2) is 0 Å². The molecule has 108 valence electrons. The van der Waals surface area contributed by atoms with Gasteiger partial charge in [0, 0.05) is 22.4 Å². The molecule has 4 heteroatoms. The summed E-state index contributed by atoms with van der Waals surface area (Å²) in [5.41, 5.74) is 14.9. The summed E-state index contributed by atoms with van der Waals surface area (Å²) in [7, 11) is 0. The molecule has 0 aliphatic heterocycles. The number of hydrogen-bond donors (Lipinski definition) is 2. The molecule has 3 aromatic carbocycles. The third-order valence-electron chi connectivity index (χ3n) is 3.75. The van der Waals surface area contributed by atoms with Crippen LogP contribution in [0.15, 0.2) is 48.5 Å². The average Bonchev–Trinajstić information content (AvgIpc) is 2.55. The maximum atomic E-state index is 11.6. The summed E-state index contributed by atoms with van der Waals surface area (Å²) < 4.78 is 0. The molecule has 0 spiro atoms. The SMILES string of the molecule is Nc1ccc2c(C=O)c(N)c(C=O)c(-c3ccccc3)c2c1. The lowest BCUT2D eigenvalue weighted by Gasteiger charge is -2.15. The van der Waals surface area contributed by atoms with Crippen molar-refractivity contribution in [1.82, 2.24) is 0 Å². The van der Waals surface area contributed by atoms with Crippen LogP contribution in [0, 0.1) is 0 Å². The Hall–Kier alpha value is -3.14. The van der Waals surface area contributed by atoms with Crippen molar-refractivity contribution >= 4 is 34.7 Å². The second kappa shape index (κ2) is 5.33. The maximum Gasteiger partial charge on any atom is 0.152 e. The van der Waals surface area contributed by atoms with E-state index < -0.39 is 0 Å². The molecule has 22 heavy (non-hydrogen) atoms. The van der Waals surface area contributed by atoms with Crippen molar-refractivity contribution in [2.24, 2.45) is 0 Å². The zero-order valence-electron chi connectivity index (χ0n) is 11.7. The average molecular weight is 290 g/mol. The molecule has 0 bridgehead atoms. The van der Waals surface area contributed by atoms with E-state index in [-0.39, 0.29) is 5.69 Å². The van der Waals surface area contributed by atoms with Gasteiger partial charge in [0.1, 0.15) is 0 Å². The normalized spacial score (nSPS) is 10.5. The summed E-state index contributed by atoms with van der Waals surface area (Å²) in [6, 6.07) is 14.7. The van der Waals surface area contributed by atoms with Crippen LogP contribution in [0.3, 0.4) is 0 Å². The fourth-order valence-corrected chi connectivity index (χ4v) is 2.74. The first-order valence-corrected chi connectivity index (χ1v) is 6.77. The molecule has 0 aromatic heterocycles. The number of benzene rings is 3. The molecule has 0 atom stereocenters. The van der Waals surface area contributed by atoms with Gasteiger partial charge >= 0.3 is 0 Å². The number of hydrogen-bond acceptors (Lipinski definition) is 4. The summed E-state index contributed by atoms with van der Waals surface area (Å²) >= 11 is 0. The van der Waals surface area contributed by atoms with Gasteiger partial charge in [0.25, 0.3) is 0 Å². The molecule has 0 amide bonds. The van der Waals surface area contributed by atoms with Gasteiger partial charge in [-0.2, -0.15) is 0 Å². The Morgan fingerprint density at radius 2 is 1.45 bits per heavy atom. The van der Waals surface area contributed by atoms with Gasteiger partial charge in [0.2, 0.25) is 0 Å². The lowest BCUT2D eigenvalue weighted by Crippen LogP contribution is -2.03. The summed E-state index contributed by atoms with van der Waals surface area (Å²) in [5.74, 6) is 0. The van der Waals surface area contributed by atoms with Crippen LogP contribution in [0.1, 0.15) is 20.7 Å². The Kier molecular flexibility index (Phi) is 3.35. The highest BCUT2D eigenvalue weighted by atomic mass is 16.1. The van der Waals surface area contributed by atoms with Crippen molar-refractivity contribution in [3.05, 3.63) is 59.7 Å². The molecule has 0 heterocycles. The Morgan fingerprint density at radius 3 is 2.09 bits per heavy atom. The topological polar surface area (TPSA) is 86.2 Å². The Morgan fingerprint density at radius 1 is 0.773 bits per heavy atom. The number of carbonyl (C=O) groups is 2. The van der Waals surface area contributed by atoms with Gasteiger partial charge in [-0.3, -0.25) is 9.59 Å². The second-order valence-electron chi connectivity index (χ2n) is 5.02. The van der Waals surface area contributed by atoms with Crippen LogP contribution < -0.4 is 11.5 Å². The smallest absolute Gasteiger partial charge is 0.152 e. The monoisotopic (exact) mass is 290 g/mol. The number of nitrogens with two attached hydrogens (primary N) is 2. The van der Waals surface area contributed by atoms with E-state index in [1.165, 1.54) is 0 Å². The largest absolute Gasteiger partial charge is 0.399 e. The molecule has 4 nitrogen and oxygen atoms in total. The summed E-state index contributed by atoms with van der Waals surface area (Å²) in [5, 5.41) is 1.43. The van der Waals surface area contributed by atoms with E-state index in [0.717, 1.165) is 10.9 Å². The summed E-state index contributed by atoms with van der Waals surface area (Å²) in [6.45, 7) is 0. The van der Waals surface area contributed by atoms with Crippen molar-refractivity contribution in [2.75, 3.05) is 11.5 Å². The highest BCUT2D eigenvalue weighted by Crippen LogP contribution is 2.38. The predicted octanol–water partition coefficient (Wildman–Crippen LogP) is 3.30. The number of carbonyl (C=O) groups excluding carboxylic acids is 2. The van der Waals surface area contributed by atoms with E-state index in [4.69, 9.17) is 11.5 Å². The highest BCUT2D eigenvalue weighted by molar-refractivity contribution is 6.16. The van der Waals surface area contributed by atoms with Crippen molar-refractivity contribution in [3.63, 3.8) is 0 Å². The molecule has 0 saturated heterocycles. The maximum absolute atomic E-state index is 11.6. The van der Waals surface area contributed by atoms with Gasteiger partial charge in [-0.05, 0) is 28.5 Å². The van der Waals surface area contributed by atoms with E-state index in [1.807, 2.05) is 30.3 Å². The van der Waals surface area contributed by atoms with Crippen molar-refractivity contribution in [1.29, 1.82) is 0 Å². The van der Waals surface area contributed by atoms with Gasteiger partial charge in [-0.1, -0.05) is 36.4 Å². The number of anilines is 2. The molecule has 0 fully saturated rings. The zero-order valence-corrected chi connectivity index (χ0v) is 11.7. The molecule has 0 aliphatic rings. The van der Waals surface area contributed by atoms with Crippen LogP contribution in [-0.2, 0) is 0 Å². The zero-order chi connectivity index (χ0) is 15.7. The van der Waals surface area contributed by atoms with Crippen LogP contribution in [0.2, 0.25) is 0 Å². The van der Waals surface area contributed by atoms with E-state index in [9.17, 15) is 9.59 Å². The van der Waals surface area contributed by atoms with E-state index >= 15 is 0 Å². The number of nitrogen functional groups attached to an aromatic ring is 2. The van der Waals surface area contributed by atoms with E-state index in [0.29, 0.717) is 40.3 Å². The highest BCUT2D eigenvalue weighted by Gasteiger charge is 2.18. The van der Waals surface area contributed by atoms with Crippen LogP contribution >= 0.6 is 0 Å².